The Kier molecular flexibility index (Phi) is 6.50. The summed E-state index contributed by atoms with van der Waals surface area (Å²) in [6.45, 7) is 5.99. The normalized spacial score (nSPS) is 15.0. The number of esters is 1. The zero-order chi connectivity index (χ0) is 21.0. The lowest BCUT2D eigenvalue weighted by molar-refractivity contribution is 0.0429. The number of morpholine rings is 1. The molecule has 1 aliphatic rings. The van der Waals surface area contributed by atoms with Gasteiger partial charge in [0, 0.05) is 19.5 Å². The van der Waals surface area contributed by atoms with E-state index in [1.54, 1.807) is 6.07 Å². The Labute approximate surface area is 169 Å². The van der Waals surface area contributed by atoms with E-state index < -0.39 is 16.0 Å². The molecule has 1 aromatic heterocycles. The summed E-state index contributed by atoms with van der Waals surface area (Å²) in [5.41, 5.74) is 0.650. The Morgan fingerprint density at radius 3 is 2.69 bits per heavy atom. The predicted molar refractivity (Wildman–Crippen MR) is 103 cm³/mol. The van der Waals surface area contributed by atoms with E-state index in [0.717, 1.165) is 0 Å². The zero-order valence-electron chi connectivity index (χ0n) is 16.3. The van der Waals surface area contributed by atoms with Crippen LogP contribution in [0.4, 0.5) is 5.69 Å². The second-order valence-electron chi connectivity index (χ2n) is 7.10. The largest absolute Gasteiger partial charge is 0.452 e. The van der Waals surface area contributed by atoms with Crippen molar-refractivity contribution in [2.24, 2.45) is 11.1 Å². The minimum Gasteiger partial charge on any atom is -0.452 e. The second kappa shape index (κ2) is 8.89. The highest BCUT2D eigenvalue weighted by molar-refractivity contribution is 7.89. The van der Waals surface area contributed by atoms with Crippen molar-refractivity contribution in [1.82, 2.24) is 10.1 Å². The number of nitrogens with zero attached hydrogens (tertiary/aromatic N) is 3. The van der Waals surface area contributed by atoms with Gasteiger partial charge in [0.1, 0.15) is 0 Å². The third-order valence-electron chi connectivity index (χ3n) is 4.30. The lowest BCUT2D eigenvalue weighted by Crippen LogP contribution is -2.37. The summed E-state index contributed by atoms with van der Waals surface area (Å²) in [6, 6.07) is 4.14. The van der Waals surface area contributed by atoms with Gasteiger partial charge < -0.3 is 18.9 Å². The molecule has 1 fully saturated rings. The molecule has 1 saturated heterocycles. The van der Waals surface area contributed by atoms with E-state index in [1.165, 1.54) is 12.1 Å². The first-order chi connectivity index (χ1) is 13.7. The van der Waals surface area contributed by atoms with E-state index in [2.05, 4.69) is 10.1 Å². The predicted octanol–water partition coefficient (Wildman–Crippen LogP) is 1.11. The Morgan fingerprint density at radius 1 is 1.31 bits per heavy atom. The van der Waals surface area contributed by atoms with Crippen molar-refractivity contribution < 1.29 is 27.2 Å². The maximum Gasteiger partial charge on any atom is 0.340 e. The molecule has 0 amide bonds. The molecule has 0 aliphatic carbocycles. The van der Waals surface area contributed by atoms with Crippen LogP contribution in [-0.2, 0) is 32.5 Å². The minimum absolute atomic E-state index is 0.0975. The van der Waals surface area contributed by atoms with Gasteiger partial charge in [-0.2, -0.15) is 4.98 Å². The van der Waals surface area contributed by atoms with Gasteiger partial charge >= 0.3 is 5.97 Å². The summed E-state index contributed by atoms with van der Waals surface area (Å²) in [5.74, 6) is 0.362. The van der Waals surface area contributed by atoms with Crippen LogP contribution in [0, 0.1) is 5.92 Å². The van der Waals surface area contributed by atoms with E-state index in [0.29, 0.717) is 50.2 Å². The molecule has 3 rings (SSSR count). The molecule has 11 heteroatoms. The van der Waals surface area contributed by atoms with Crippen LogP contribution in [0.1, 0.15) is 35.9 Å². The topological polar surface area (TPSA) is 138 Å². The summed E-state index contributed by atoms with van der Waals surface area (Å²) in [7, 11) is -3.97. The summed E-state index contributed by atoms with van der Waals surface area (Å²) < 4.78 is 39.2. The number of carbonyl (C=O) groups is 1. The Bertz CT molecular complexity index is 966. The molecule has 0 unspecified atom stereocenters. The van der Waals surface area contributed by atoms with Gasteiger partial charge in [0.05, 0.1) is 29.4 Å². The second-order valence-corrected chi connectivity index (χ2v) is 8.66. The molecular formula is C18H24N4O6S. The van der Waals surface area contributed by atoms with Crippen molar-refractivity contribution in [3.8, 4) is 0 Å². The minimum atomic E-state index is -3.97. The fourth-order valence-corrected chi connectivity index (χ4v) is 3.48. The van der Waals surface area contributed by atoms with Crippen LogP contribution >= 0.6 is 0 Å². The zero-order valence-corrected chi connectivity index (χ0v) is 17.1. The van der Waals surface area contributed by atoms with Gasteiger partial charge in [-0.1, -0.05) is 19.0 Å². The quantitative estimate of drug-likeness (QED) is 0.648. The smallest absolute Gasteiger partial charge is 0.340 e. The van der Waals surface area contributed by atoms with Gasteiger partial charge in [-0.15, -0.1) is 0 Å². The highest BCUT2D eigenvalue weighted by Gasteiger charge is 2.23. The van der Waals surface area contributed by atoms with E-state index in [-0.39, 0.29) is 23.0 Å². The van der Waals surface area contributed by atoms with Crippen molar-refractivity contribution in [3.05, 3.63) is 35.5 Å². The Hall–Kier alpha value is -2.50. The first kappa shape index (κ1) is 21.2. The molecule has 158 valence electrons. The number of benzene rings is 1. The van der Waals surface area contributed by atoms with Crippen LogP contribution in [0.15, 0.2) is 27.6 Å². The summed E-state index contributed by atoms with van der Waals surface area (Å²) in [4.78, 5) is 18.7. The van der Waals surface area contributed by atoms with Crippen LogP contribution in [0.5, 0.6) is 0 Å². The molecule has 29 heavy (non-hydrogen) atoms. The highest BCUT2D eigenvalue weighted by atomic mass is 32.2. The van der Waals surface area contributed by atoms with Gasteiger partial charge in [0.25, 0.3) is 5.89 Å². The van der Waals surface area contributed by atoms with Crippen molar-refractivity contribution in [1.29, 1.82) is 0 Å². The number of ether oxygens (including phenoxy) is 2. The maximum atomic E-state index is 12.7. The summed E-state index contributed by atoms with van der Waals surface area (Å²) >= 11 is 0. The van der Waals surface area contributed by atoms with Gasteiger partial charge in [-0.3, -0.25) is 0 Å². The number of rotatable bonds is 7. The fraction of sp³-hybridized carbons (Fsp3) is 0.500. The van der Waals surface area contributed by atoms with Crippen molar-refractivity contribution in [3.63, 3.8) is 0 Å². The molecule has 10 nitrogen and oxygen atoms in total. The number of hydrogen-bond acceptors (Lipinski definition) is 9. The molecule has 0 bridgehead atoms. The monoisotopic (exact) mass is 424 g/mol. The molecule has 2 heterocycles. The number of sulfonamides is 1. The van der Waals surface area contributed by atoms with Crippen LogP contribution < -0.4 is 10.0 Å². The molecule has 2 aromatic rings. The van der Waals surface area contributed by atoms with Crippen molar-refractivity contribution >= 4 is 21.7 Å². The first-order valence-corrected chi connectivity index (χ1v) is 10.8. The lowest BCUT2D eigenvalue weighted by Gasteiger charge is -2.30. The third-order valence-corrected chi connectivity index (χ3v) is 5.21. The van der Waals surface area contributed by atoms with Crippen molar-refractivity contribution in [2.45, 2.75) is 31.8 Å². The average molecular weight is 424 g/mol. The number of aromatic nitrogens is 2. The van der Waals surface area contributed by atoms with Gasteiger partial charge in [-0.05, 0) is 24.1 Å². The molecule has 0 spiro atoms. The standard InChI is InChI=1S/C18H24N4O6S/c1-12(2)9-16-20-17(28-21-16)11-27-18(23)14-10-13(29(19,24)25)3-4-15(14)22-5-7-26-8-6-22/h3-4,10,12H,5-9,11H2,1-2H3,(H2,19,24,25). The number of hydrogen-bond donors (Lipinski definition) is 1. The number of nitrogens with two attached hydrogens (primary N) is 1. The fourth-order valence-electron chi connectivity index (χ4n) is 2.94. The van der Waals surface area contributed by atoms with E-state index in [9.17, 15) is 13.2 Å². The third kappa shape index (κ3) is 5.52. The summed E-state index contributed by atoms with van der Waals surface area (Å²) in [5, 5.41) is 9.06. The van der Waals surface area contributed by atoms with E-state index in [1.807, 2.05) is 18.7 Å². The molecule has 0 radical (unpaired) electrons. The van der Waals surface area contributed by atoms with Crippen LogP contribution in [0.2, 0.25) is 0 Å². The van der Waals surface area contributed by atoms with Crippen LogP contribution in [-0.4, -0.2) is 50.8 Å². The molecule has 1 aliphatic heterocycles. The highest BCUT2D eigenvalue weighted by Crippen LogP contribution is 2.26. The maximum absolute atomic E-state index is 12.7. The van der Waals surface area contributed by atoms with E-state index >= 15 is 0 Å². The molecule has 2 N–H and O–H groups in total. The number of primary sulfonamides is 1. The lowest BCUT2D eigenvalue weighted by atomic mass is 10.1. The van der Waals surface area contributed by atoms with Crippen LogP contribution in [0.3, 0.4) is 0 Å². The molecular weight excluding hydrogens is 400 g/mol. The van der Waals surface area contributed by atoms with Gasteiger partial charge in [-0.25, -0.2) is 18.4 Å². The SMILES string of the molecule is CC(C)Cc1noc(COC(=O)c2cc(S(N)(=O)=O)ccc2N2CCOCC2)n1. The number of carbonyl (C=O) groups excluding carboxylic acids is 1. The molecule has 0 atom stereocenters. The van der Waals surface area contributed by atoms with Crippen LogP contribution in [0.25, 0.3) is 0 Å². The number of anilines is 1. The first-order valence-electron chi connectivity index (χ1n) is 9.22. The van der Waals surface area contributed by atoms with E-state index in [4.69, 9.17) is 19.1 Å². The summed E-state index contributed by atoms with van der Waals surface area (Å²) in [6.07, 6.45) is 0.648. The molecule has 1 aromatic carbocycles. The Morgan fingerprint density at radius 2 is 2.03 bits per heavy atom. The van der Waals surface area contributed by atoms with Gasteiger partial charge in [0.15, 0.2) is 12.4 Å². The van der Waals surface area contributed by atoms with Gasteiger partial charge in [0.2, 0.25) is 10.0 Å². The average Bonchev–Trinajstić information content (AvgIpc) is 3.12. The Balaban J connectivity index is 1.80. The molecule has 0 saturated carbocycles. The van der Waals surface area contributed by atoms with Crippen molar-refractivity contribution in [2.75, 3.05) is 31.2 Å².